The number of ether oxygens (including phenoxy) is 1. The number of hydrogen-bond donors (Lipinski definition) is 1. The predicted molar refractivity (Wildman–Crippen MR) is 66.0 cm³/mol. The molecule has 0 atom stereocenters. The molecule has 1 aromatic rings. The number of nitrogen functional groups attached to an aromatic ring is 1. The first-order valence-corrected chi connectivity index (χ1v) is 6.44. The van der Waals surface area contributed by atoms with Crippen molar-refractivity contribution in [2.45, 2.75) is 23.8 Å². The normalized spacial score (nSPS) is 17.9. The molecule has 0 amide bonds. The Balaban J connectivity index is 1.84. The highest BCUT2D eigenvalue weighted by Gasteiger charge is 2.14. The summed E-state index contributed by atoms with van der Waals surface area (Å²) in [7, 11) is 0. The Kier molecular flexibility index (Phi) is 3.92. The van der Waals surface area contributed by atoms with Gasteiger partial charge in [0.2, 0.25) is 0 Å². The lowest BCUT2D eigenvalue weighted by Crippen LogP contribution is -2.17. The zero-order chi connectivity index (χ0) is 10.5. The van der Waals surface area contributed by atoms with E-state index in [-0.39, 0.29) is 0 Å². The molecule has 0 saturated carbocycles. The second-order valence-electron chi connectivity index (χ2n) is 3.82. The van der Waals surface area contributed by atoms with Crippen LogP contribution in [-0.4, -0.2) is 18.5 Å². The largest absolute Gasteiger partial charge is 0.398 e. The average Bonchev–Trinajstić information content (AvgIpc) is 2.29. The molecular formula is C12H17NOS. The number of hydrogen-bond acceptors (Lipinski definition) is 3. The summed E-state index contributed by atoms with van der Waals surface area (Å²) in [4.78, 5) is 0. The highest BCUT2D eigenvalue weighted by Crippen LogP contribution is 2.27. The molecule has 1 saturated heterocycles. The molecule has 0 bridgehead atoms. The van der Waals surface area contributed by atoms with Gasteiger partial charge in [-0.05, 0) is 24.5 Å². The molecule has 0 spiro atoms. The van der Waals surface area contributed by atoms with Crippen LogP contribution in [0, 0.1) is 0 Å². The third-order valence-corrected chi connectivity index (χ3v) is 4.12. The molecule has 1 aliphatic heterocycles. The summed E-state index contributed by atoms with van der Waals surface area (Å²) in [5, 5.41) is 0.748. The van der Waals surface area contributed by atoms with Crippen molar-refractivity contribution >= 4 is 17.4 Å². The highest BCUT2D eigenvalue weighted by molar-refractivity contribution is 7.99. The summed E-state index contributed by atoms with van der Waals surface area (Å²) < 4.78 is 5.34. The quantitative estimate of drug-likeness (QED) is 0.800. The van der Waals surface area contributed by atoms with Crippen LogP contribution in [0.15, 0.2) is 24.3 Å². The molecule has 3 heteroatoms. The first-order chi connectivity index (χ1) is 7.36. The van der Waals surface area contributed by atoms with Crippen LogP contribution in [0.4, 0.5) is 5.69 Å². The standard InChI is InChI=1S/C12H17NOS/c13-12-4-2-1-3-10(12)9-15-11-5-7-14-8-6-11/h1-4,11H,5-9,13H2. The highest BCUT2D eigenvalue weighted by atomic mass is 32.2. The molecule has 1 fully saturated rings. The second kappa shape index (κ2) is 5.42. The van der Waals surface area contributed by atoms with Crippen LogP contribution in [-0.2, 0) is 10.5 Å². The fraction of sp³-hybridized carbons (Fsp3) is 0.500. The summed E-state index contributed by atoms with van der Waals surface area (Å²) in [5.74, 6) is 1.03. The van der Waals surface area contributed by atoms with Crippen molar-refractivity contribution in [3.8, 4) is 0 Å². The number of anilines is 1. The summed E-state index contributed by atoms with van der Waals surface area (Å²) in [6.45, 7) is 1.84. The fourth-order valence-electron chi connectivity index (χ4n) is 1.72. The van der Waals surface area contributed by atoms with Crippen LogP contribution >= 0.6 is 11.8 Å². The van der Waals surface area contributed by atoms with E-state index in [0.717, 1.165) is 29.9 Å². The zero-order valence-corrected chi connectivity index (χ0v) is 9.63. The van der Waals surface area contributed by atoms with Gasteiger partial charge in [-0.25, -0.2) is 0 Å². The Morgan fingerprint density at radius 2 is 2.00 bits per heavy atom. The Bertz CT molecular complexity index is 310. The van der Waals surface area contributed by atoms with Gasteiger partial charge < -0.3 is 10.5 Å². The minimum atomic E-state index is 0.748. The first kappa shape index (κ1) is 10.8. The third-order valence-electron chi connectivity index (χ3n) is 2.70. The van der Waals surface area contributed by atoms with E-state index >= 15 is 0 Å². The van der Waals surface area contributed by atoms with Gasteiger partial charge in [-0.2, -0.15) is 11.8 Å². The maximum atomic E-state index is 5.90. The van der Waals surface area contributed by atoms with E-state index < -0.39 is 0 Å². The van der Waals surface area contributed by atoms with E-state index in [4.69, 9.17) is 10.5 Å². The number of rotatable bonds is 3. The molecule has 82 valence electrons. The van der Waals surface area contributed by atoms with E-state index in [1.54, 1.807) is 0 Å². The van der Waals surface area contributed by atoms with Gasteiger partial charge >= 0.3 is 0 Å². The van der Waals surface area contributed by atoms with Crippen LogP contribution < -0.4 is 5.73 Å². The lowest BCUT2D eigenvalue weighted by atomic mass is 10.2. The van der Waals surface area contributed by atoms with Gasteiger partial charge in [0.15, 0.2) is 0 Å². The van der Waals surface area contributed by atoms with E-state index in [0.29, 0.717) is 0 Å². The van der Waals surface area contributed by atoms with Gasteiger partial charge in [0, 0.05) is 29.9 Å². The molecule has 1 aromatic carbocycles. The van der Waals surface area contributed by atoms with E-state index in [2.05, 4.69) is 12.1 Å². The van der Waals surface area contributed by atoms with Gasteiger partial charge in [-0.15, -0.1) is 0 Å². The van der Waals surface area contributed by atoms with Crippen molar-refractivity contribution in [2.75, 3.05) is 18.9 Å². The Morgan fingerprint density at radius 3 is 2.73 bits per heavy atom. The molecule has 2 rings (SSSR count). The molecule has 0 aromatic heterocycles. The molecule has 0 aliphatic carbocycles. The molecule has 1 aliphatic rings. The zero-order valence-electron chi connectivity index (χ0n) is 8.82. The summed E-state index contributed by atoms with van der Waals surface area (Å²) in [6.07, 6.45) is 2.36. The van der Waals surface area contributed by atoms with Gasteiger partial charge in [-0.1, -0.05) is 18.2 Å². The maximum absolute atomic E-state index is 5.90. The summed E-state index contributed by atoms with van der Waals surface area (Å²) >= 11 is 2.00. The molecule has 15 heavy (non-hydrogen) atoms. The Hall–Kier alpha value is -0.670. The van der Waals surface area contributed by atoms with Crippen LogP contribution in [0.5, 0.6) is 0 Å². The fourth-order valence-corrected chi connectivity index (χ4v) is 2.92. The van der Waals surface area contributed by atoms with E-state index in [9.17, 15) is 0 Å². The van der Waals surface area contributed by atoms with Gasteiger partial charge in [0.05, 0.1) is 0 Å². The van der Waals surface area contributed by atoms with Gasteiger partial charge in [0.1, 0.15) is 0 Å². The second-order valence-corrected chi connectivity index (χ2v) is 5.11. The number of nitrogens with two attached hydrogens (primary N) is 1. The monoisotopic (exact) mass is 223 g/mol. The van der Waals surface area contributed by atoms with E-state index in [1.165, 1.54) is 18.4 Å². The van der Waals surface area contributed by atoms with Crippen molar-refractivity contribution in [3.05, 3.63) is 29.8 Å². The smallest absolute Gasteiger partial charge is 0.0476 e. The Labute approximate surface area is 95.2 Å². The van der Waals surface area contributed by atoms with Crippen LogP contribution in [0.25, 0.3) is 0 Å². The van der Waals surface area contributed by atoms with Crippen molar-refractivity contribution in [1.29, 1.82) is 0 Å². The van der Waals surface area contributed by atoms with Crippen LogP contribution in [0.2, 0.25) is 0 Å². The Morgan fingerprint density at radius 1 is 1.27 bits per heavy atom. The SMILES string of the molecule is Nc1ccccc1CSC1CCOCC1. The lowest BCUT2D eigenvalue weighted by molar-refractivity contribution is 0.1000. The third kappa shape index (κ3) is 3.14. The molecule has 0 unspecified atom stereocenters. The number of thioether (sulfide) groups is 1. The summed E-state index contributed by atoms with van der Waals surface area (Å²) in [5.41, 5.74) is 8.07. The lowest BCUT2D eigenvalue weighted by Gasteiger charge is -2.21. The van der Waals surface area contributed by atoms with E-state index in [1.807, 2.05) is 23.9 Å². The molecule has 1 heterocycles. The summed E-state index contributed by atoms with van der Waals surface area (Å²) in [6, 6.07) is 8.12. The van der Waals surface area contributed by atoms with Gasteiger partial charge in [-0.3, -0.25) is 0 Å². The average molecular weight is 223 g/mol. The van der Waals surface area contributed by atoms with Crippen molar-refractivity contribution in [3.63, 3.8) is 0 Å². The maximum Gasteiger partial charge on any atom is 0.0476 e. The number of para-hydroxylation sites is 1. The minimum absolute atomic E-state index is 0.748. The van der Waals surface area contributed by atoms with Crippen LogP contribution in [0.3, 0.4) is 0 Å². The molecule has 2 N–H and O–H groups in total. The van der Waals surface area contributed by atoms with Crippen molar-refractivity contribution in [2.24, 2.45) is 0 Å². The number of benzene rings is 1. The first-order valence-electron chi connectivity index (χ1n) is 5.39. The minimum Gasteiger partial charge on any atom is -0.398 e. The molecular weight excluding hydrogens is 206 g/mol. The topological polar surface area (TPSA) is 35.2 Å². The van der Waals surface area contributed by atoms with Crippen LogP contribution in [0.1, 0.15) is 18.4 Å². The molecule has 0 radical (unpaired) electrons. The molecule has 2 nitrogen and oxygen atoms in total. The predicted octanol–water partition coefficient (Wildman–Crippen LogP) is 2.68. The van der Waals surface area contributed by atoms with Gasteiger partial charge in [0.25, 0.3) is 0 Å². The van der Waals surface area contributed by atoms with Crippen molar-refractivity contribution < 1.29 is 4.74 Å². The van der Waals surface area contributed by atoms with Crippen molar-refractivity contribution in [1.82, 2.24) is 0 Å².